The molecule has 2 aromatic rings. The Morgan fingerprint density at radius 3 is 2.75 bits per heavy atom. The van der Waals surface area contributed by atoms with E-state index in [9.17, 15) is 4.79 Å². The van der Waals surface area contributed by atoms with Crippen LogP contribution in [0.3, 0.4) is 0 Å². The predicted molar refractivity (Wildman–Crippen MR) is 94.6 cm³/mol. The number of aryl methyl sites for hydroxylation is 1. The molecule has 1 heterocycles. The van der Waals surface area contributed by atoms with E-state index in [4.69, 9.17) is 4.74 Å². The number of nitrogens with zero attached hydrogens (tertiary/aromatic N) is 2. The number of carbonyl (C=O) groups is 1. The number of hydrogen-bond acceptors (Lipinski definition) is 5. The van der Waals surface area contributed by atoms with Crippen LogP contribution in [0.15, 0.2) is 30.3 Å². The summed E-state index contributed by atoms with van der Waals surface area (Å²) < 4.78 is 5.35. The maximum atomic E-state index is 12.0. The summed E-state index contributed by atoms with van der Waals surface area (Å²) in [7, 11) is 1.67. The van der Waals surface area contributed by atoms with Crippen LogP contribution >= 0.6 is 0 Å². The van der Waals surface area contributed by atoms with Gasteiger partial charge in [-0.3, -0.25) is 4.79 Å². The SMILES string of the molecule is CCCNC(=O)c1cc(NCCc2ccccc2OC)nc(C)n1. The van der Waals surface area contributed by atoms with Crippen LogP contribution < -0.4 is 15.4 Å². The predicted octanol–water partition coefficient (Wildman–Crippen LogP) is 2.59. The lowest BCUT2D eigenvalue weighted by Gasteiger charge is -2.11. The Bertz CT molecular complexity index is 688. The minimum absolute atomic E-state index is 0.171. The van der Waals surface area contributed by atoms with Crippen molar-refractivity contribution in [3.8, 4) is 5.75 Å². The summed E-state index contributed by atoms with van der Waals surface area (Å²) >= 11 is 0. The molecule has 1 amide bonds. The fraction of sp³-hybridized carbons (Fsp3) is 0.389. The Hall–Kier alpha value is -2.63. The normalized spacial score (nSPS) is 10.3. The van der Waals surface area contributed by atoms with E-state index in [1.165, 1.54) is 0 Å². The summed E-state index contributed by atoms with van der Waals surface area (Å²) in [5, 5.41) is 6.08. The van der Waals surface area contributed by atoms with Crippen LogP contribution in [0.5, 0.6) is 5.75 Å². The van der Waals surface area contributed by atoms with Gasteiger partial charge in [0.15, 0.2) is 0 Å². The van der Waals surface area contributed by atoms with Crippen LogP contribution in [0.25, 0.3) is 0 Å². The van der Waals surface area contributed by atoms with Gasteiger partial charge < -0.3 is 15.4 Å². The molecule has 0 aliphatic heterocycles. The van der Waals surface area contributed by atoms with Gasteiger partial charge in [0, 0.05) is 19.2 Å². The van der Waals surface area contributed by atoms with Crippen LogP contribution in [-0.2, 0) is 6.42 Å². The summed E-state index contributed by atoms with van der Waals surface area (Å²) in [5.41, 5.74) is 1.51. The van der Waals surface area contributed by atoms with Gasteiger partial charge in [0.05, 0.1) is 7.11 Å². The number of ether oxygens (including phenoxy) is 1. The van der Waals surface area contributed by atoms with Crippen LogP contribution in [0, 0.1) is 6.92 Å². The number of amides is 1. The van der Waals surface area contributed by atoms with Gasteiger partial charge in [-0.15, -0.1) is 0 Å². The molecule has 1 aromatic heterocycles. The Morgan fingerprint density at radius 1 is 1.21 bits per heavy atom. The lowest BCUT2D eigenvalue weighted by Crippen LogP contribution is -2.25. The van der Waals surface area contributed by atoms with Crippen molar-refractivity contribution in [3.63, 3.8) is 0 Å². The average molecular weight is 328 g/mol. The molecule has 1 aromatic carbocycles. The maximum absolute atomic E-state index is 12.0. The third kappa shape index (κ3) is 4.94. The average Bonchev–Trinajstić information content (AvgIpc) is 2.59. The van der Waals surface area contributed by atoms with E-state index in [0.29, 0.717) is 30.4 Å². The molecule has 0 radical (unpaired) electrons. The largest absolute Gasteiger partial charge is 0.496 e. The molecule has 0 unspecified atom stereocenters. The zero-order valence-electron chi connectivity index (χ0n) is 14.4. The van der Waals surface area contributed by atoms with Crippen molar-refractivity contribution in [2.24, 2.45) is 0 Å². The molecule has 0 saturated carbocycles. The first kappa shape index (κ1) is 17.7. The second kappa shape index (κ2) is 8.86. The quantitative estimate of drug-likeness (QED) is 0.779. The first-order valence-electron chi connectivity index (χ1n) is 8.13. The molecule has 2 rings (SSSR count). The van der Waals surface area contributed by atoms with E-state index in [-0.39, 0.29) is 5.91 Å². The minimum Gasteiger partial charge on any atom is -0.496 e. The van der Waals surface area contributed by atoms with E-state index < -0.39 is 0 Å². The number of methoxy groups -OCH3 is 1. The molecule has 0 bridgehead atoms. The van der Waals surface area contributed by atoms with Crippen molar-refractivity contribution < 1.29 is 9.53 Å². The highest BCUT2D eigenvalue weighted by atomic mass is 16.5. The number of rotatable bonds is 8. The molecule has 6 nitrogen and oxygen atoms in total. The van der Waals surface area contributed by atoms with Gasteiger partial charge >= 0.3 is 0 Å². The van der Waals surface area contributed by atoms with E-state index in [0.717, 1.165) is 24.2 Å². The lowest BCUT2D eigenvalue weighted by atomic mass is 10.1. The monoisotopic (exact) mass is 328 g/mol. The van der Waals surface area contributed by atoms with Gasteiger partial charge in [-0.1, -0.05) is 25.1 Å². The standard InChI is InChI=1S/C18H24N4O2/c1-4-10-20-18(23)15-12-17(22-13(2)21-15)19-11-9-14-7-5-6-8-16(14)24-3/h5-8,12H,4,9-11H2,1-3H3,(H,20,23)(H,19,21,22). The second-order valence-corrected chi connectivity index (χ2v) is 5.43. The molecule has 0 aliphatic carbocycles. The van der Waals surface area contributed by atoms with Crippen molar-refractivity contribution in [1.82, 2.24) is 15.3 Å². The number of hydrogen-bond donors (Lipinski definition) is 2. The molecule has 24 heavy (non-hydrogen) atoms. The smallest absolute Gasteiger partial charge is 0.270 e. The summed E-state index contributed by atoms with van der Waals surface area (Å²) in [6, 6.07) is 9.60. The highest BCUT2D eigenvalue weighted by molar-refractivity contribution is 5.92. The fourth-order valence-electron chi connectivity index (χ4n) is 2.34. The molecule has 2 N–H and O–H groups in total. The number of anilines is 1. The lowest BCUT2D eigenvalue weighted by molar-refractivity contribution is 0.0948. The zero-order valence-corrected chi connectivity index (χ0v) is 14.4. The number of para-hydroxylation sites is 1. The molecule has 0 saturated heterocycles. The molecular weight excluding hydrogens is 304 g/mol. The Balaban J connectivity index is 1.99. The van der Waals surface area contributed by atoms with E-state index in [2.05, 4.69) is 20.6 Å². The Labute approximate surface area is 142 Å². The molecule has 0 spiro atoms. The highest BCUT2D eigenvalue weighted by Crippen LogP contribution is 2.17. The van der Waals surface area contributed by atoms with Gasteiger partial charge in [0.1, 0.15) is 23.1 Å². The van der Waals surface area contributed by atoms with Crippen LogP contribution in [0.2, 0.25) is 0 Å². The highest BCUT2D eigenvalue weighted by Gasteiger charge is 2.10. The molecule has 128 valence electrons. The van der Waals surface area contributed by atoms with Crippen molar-refractivity contribution in [1.29, 1.82) is 0 Å². The van der Waals surface area contributed by atoms with E-state index in [1.807, 2.05) is 31.2 Å². The van der Waals surface area contributed by atoms with Gasteiger partial charge in [0.25, 0.3) is 5.91 Å². The van der Waals surface area contributed by atoms with Gasteiger partial charge in [-0.2, -0.15) is 0 Å². The van der Waals surface area contributed by atoms with Crippen molar-refractivity contribution in [2.45, 2.75) is 26.7 Å². The van der Waals surface area contributed by atoms with Gasteiger partial charge in [-0.25, -0.2) is 9.97 Å². The third-order valence-corrected chi connectivity index (χ3v) is 3.50. The second-order valence-electron chi connectivity index (χ2n) is 5.43. The van der Waals surface area contributed by atoms with E-state index in [1.54, 1.807) is 20.1 Å². The van der Waals surface area contributed by atoms with E-state index >= 15 is 0 Å². The van der Waals surface area contributed by atoms with Crippen LogP contribution in [0.4, 0.5) is 5.82 Å². The molecule has 0 aliphatic rings. The van der Waals surface area contributed by atoms with Crippen LogP contribution in [-0.4, -0.2) is 36.1 Å². The van der Waals surface area contributed by atoms with Gasteiger partial charge in [-0.05, 0) is 31.4 Å². The minimum atomic E-state index is -0.171. The van der Waals surface area contributed by atoms with Crippen molar-refractivity contribution >= 4 is 11.7 Å². The summed E-state index contributed by atoms with van der Waals surface area (Å²) in [4.78, 5) is 20.6. The molecule has 0 fully saturated rings. The maximum Gasteiger partial charge on any atom is 0.270 e. The molecule has 6 heteroatoms. The first-order valence-corrected chi connectivity index (χ1v) is 8.13. The summed E-state index contributed by atoms with van der Waals surface area (Å²) in [6.45, 7) is 5.11. The van der Waals surface area contributed by atoms with Crippen molar-refractivity contribution in [3.05, 3.63) is 47.4 Å². The fourth-order valence-corrected chi connectivity index (χ4v) is 2.34. The third-order valence-electron chi connectivity index (χ3n) is 3.50. The Morgan fingerprint density at radius 2 is 2.00 bits per heavy atom. The topological polar surface area (TPSA) is 76.1 Å². The number of nitrogens with one attached hydrogen (secondary N) is 2. The van der Waals surface area contributed by atoms with Crippen LogP contribution in [0.1, 0.15) is 35.2 Å². The zero-order chi connectivity index (χ0) is 17.4. The Kier molecular flexibility index (Phi) is 6.54. The summed E-state index contributed by atoms with van der Waals surface area (Å²) in [6.07, 6.45) is 1.68. The van der Waals surface area contributed by atoms with Gasteiger partial charge in [0.2, 0.25) is 0 Å². The molecule has 0 atom stereocenters. The number of benzene rings is 1. The van der Waals surface area contributed by atoms with Crippen molar-refractivity contribution in [2.75, 3.05) is 25.5 Å². The summed E-state index contributed by atoms with van der Waals surface area (Å²) in [5.74, 6) is 1.92. The number of aromatic nitrogens is 2. The molecular formula is C18H24N4O2. The first-order chi connectivity index (χ1) is 11.6. The number of carbonyl (C=O) groups excluding carboxylic acids is 1.